The molecule has 0 bridgehead atoms. The number of imide groups is 1. The first-order chi connectivity index (χ1) is 12.0. The lowest BCUT2D eigenvalue weighted by Crippen LogP contribution is -2.42. The Hall–Kier alpha value is -2.93. The SMILES string of the molecule is CNC(=O)NC(=O)CNC(c1ccc(F)cc1)c1ccc(OC)cc1. The molecule has 132 valence electrons. The van der Waals surface area contributed by atoms with Gasteiger partial charge in [0, 0.05) is 7.05 Å². The van der Waals surface area contributed by atoms with E-state index in [-0.39, 0.29) is 18.4 Å². The Balaban J connectivity index is 2.18. The number of hydrogen-bond donors (Lipinski definition) is 3. The monoisotopic (exact) mass is 345 g/mol. The second-order valence-electron chi connectivity index (χ2n) is 5.27. The van der Waals surface area contributed by atoms with Gasteiger partial charge in [0.25, 0.3) is 0 Å². The highest BCUT2D eigenvalue weighted by Gasteiger charge is 2.16. The quantitative estimate of drug-likeness (QED) is 0.748. The van der Waals surface area contributed by atoms with E-state index in [1.54, 1.807) is 31.4 Å². The standard InChI is InChI=1S/C18H20FN3O3/c1-20-18(24)22-16(23)11-21-17(12-3-7-14(19)8-4-12)13-5-9-15(25-2)10-6-13/h3-10,17,21H,11H2,1-2H3,(H2,20,22,23,24). The maximum atomic E-state index is 13.2. The normalized spacial score (nSPS) is 11.5. The minimum atomic E-state index is -0.574. The van der Waals surface area contributed by atoms with Gasteiger partial charge in [-0.05, 0) is 35.4 Å². The van der Waals surface area contributed by atoms with Crippen LogP contribution in [0.15, 0.2) is 48.5 Å². The van der Waals surface area contributed by atoms with Crippen molar-refractivity contribution in [1.29, 1.82) is 0 Å². The lowest BCUT2D eigenvalue weighted by atomic mass is 9.98. The lowest BCUT2D eigenvalue weighted by Gasteiger charge is -2.20. The van der Waals surface area contributed by atoms with E-state index >= 15 is 0 Å². The Morgan fingerprint density at radius 1 is 1.04 bits per heavy atom. The van der Waals surface area contributed by atoms with E-state index in [0.717, 1.165) is 11.1 Å². The lowest BCUT2D eigenvalue weighted by molar-refractivity contribution is -0.119. The number of carbonyl (C=O) groups is 2. The summed E-state index contributed by atoms with van der Waals surface area (Å²) in [6, 6.07) is 12.4. The van der Waals surface area contributed by atoms with Crippen molar-refractivity contribution in [2.24, 2.45) is 0 Å². The predicted octanol–water partition coefficient (Wildman–Crippen LogP) is 1.97. The van der Waals surface area contributed by atoms with Crippen molar-refractivity contribution in [3.8, 4) is 5.75 Å². The fourth-order valence-electron chi connectivity index (χ4n) is 2.31. The number of urea groups is 1. The van der Waals surface area contributed by atoms with E-state index < -0.39 is 11.9 Å². The summed E-state index contributed by atoms with van der Waals surface area (Å²) in [5.41, 5.74) is 1.67. The van der Waals surface area contributed by atoms with Crippen molar-refractivity contribution >= 4 is 11.9 Å². The number of amides is 3. The highest BCUT2D eigenvalue weighted by atomic mass is 19.1. The number of nitrogens with one attached hydrogen (secondary N) is 3. The summed E-state index contributed by atoms with van der Waals surface area (Å²) in [6.07, 6.45) is 0. The number of hydrogen-bond acceptors (Lipinski definition) is 4. The molecule has 2 aromatic carbocycles. The third-order valence-electron chi connectivity index (χ3n) is 3.60. The van der Waals surface area contributed by atoms with E-state index in [2.05, 4.69) is 16.0 Å². The average Bonchev–Trinajstić information content (AvgIpc) is 2.63. The number of benzene rings is 2. The zero-order chi connectivity index (χ0) is 18.2. The summed E-state index contributed by atoms with van der Waals surface area (Å²) in [6.45, 7) is -0.0819. The predicted molar refractivity (Wildman–Crippen MR) is 91.8 cm³/mol. The highest BCUT2D eigenvalue weighted by molar-refractivity contribution is 5.95. The van der Waals surface area contributed by atoms with Crippen LogP contribution in [0.1, 0.15) is 17.2 Å². The third kappa shape index (κ3) is 5.29. The van der Waals surface area contributed by atoms with Crippen molar-refractivity contribution in [2.75, 3.05) is 20.7 Å². The van der Waals surface area contributed by atoms with Crippen LogP contribution in [0.3, 0.4) is 0 Å². The molecule has 0 saturated carbocycles. The van der Waals surface area contributed by atoms with Crippen molar-refractivity contribution in [3.05, 3.63) is 65.5 Å². The van der Waals surface area contributed by atoms with Crippen LogP contribution in [0.2, 0.25) is 0 Å². The van der Waals surface area contributed by atoms with E-state index in [9.17, 15) is 14.0 Å². The molecule has 0 aliphatic heterocycles. The highest BCUT2D eigenvalue weighted by Crippen LogP contribution is 2.24. The second kappa shape index (κ2) is 8.79. The Morgan fingerprint density at radius 3 is 2.12 bits per heavy atom. The summed E-state index contributed by atoms with van der Waals surface area (Å²) in [7, 11) is 3.00. The summed E-state index contributed by atoms with van der Waals surface area (Å²) in [5, 5.41) is 7.58. The van der Waals surface area contributed by atoms with Gasteiger partial charge in [-0.25, -0.2) is 9.18 Å². The van der Waals surface area contributed by atoms with Crippen molar-refractivity contribution < 1.29 is 18.7 Å². The fourth-order valence-corrected chi connectivity index (χ4v) is 2.31. The molecular weight excluding hydrogens is 325 g/mol. The van der Waals surface area contributed by atoms with Gasteiger partial charge in [0.05, 0.1) is 19.7 Å². The smallest absolute Gasteiger partial charge is 0.321 e. The molecule has 0 radical (unpaired) electrons. The minimum Gasteiger partial charge on any atom is -0.497 e. The topological polar surface area (TPSA) is 79.5 Å². The zero-order valence-electron chi connectivity index (χ0n) is 14.0. The second-order valence-corrected chi connectivity index (χ2v) is 5.27. The summed E-state index contributed by atoms with van der Waals surface area (Å²) < 4.78 is 18.3. The van der Waals surface area contributed by atoms with Gasteiger partial charge in [-0.15, -0.1) is 0 Å². The molecule has 7 heteroatoms. The first-order valence-electron chi connectivity index (χ1n) is 7.68. The van der Waals surface area contributed by atoms with E-state index in [1.165, 1.54) is 19.2 Å². The minimum absolute atomic E-state index is 0.0819. The first kappa shape index (κ1) is 18.4. The third-order valence-corrected chi connectivity index (χ3v) is 3.60. The van der Waals surface area contributed by atoms with Crippen LogP contribution in [0, 0.1) is 5.82 Å². The van der Waals surface area contributed by atoms with E-state index in [4.69, 9.17) is 4.74 Å². The van der Waals surface area contributed by atoms with Gasteiger partial charge in [0.15, 0.2) is 0 Å². The fraction of sp³-hybridized carbons (Fsp3) is 0.222. The van der Waals surface area contributed by atoms with Gasteiger partial charge in [0.2, 0.25) is 5.91 Å². The maximum absolute atomic E-state index is 13.2. The van der Waals surface area contributed by atoms with Crippen LogP contribution in [-0.2, 0) is 4.79 Å². The molecule has 0 spiro atoms. The van der Waals surface area contributed by atoms with Crippen LogP contribution in [0.25, 0.3) is 0 Å². The van der Waals surface area contributed by atoms with Gasteiger partial charge in [-0.1, -0.05) is 24.3 Å². The Kier molecular flexibility index (Phi) is 6.47. The number of ether oxygens (including phenoxy) is 1. The molecule has 25 heavy (non-hydrogen) atoms. The molecular formula is C18H20FN3O3. The van der Waals surface area contributed by atoms with Gasteiger partial charge < -0.3 is 10.1 Å². The molecule has 0 heterocycles. The molecule has 0 aliphatic rings. The first-order valence-corrected chi connectivity index (χ1v) is 7.68. The van der Waals surface area contributed by atoms with Gasteiger partial charge >= 0.3 is 6.03 Å². The molecule has 0 saturated heterocycles. The summed E-state index contributed by atoms with van der Waals surface area (Å²) in [5.74, 6) is -0.103. The average molecular weight is 345 g/mol. The van der Waals surface area contributed by atoms with Crippen LogP contribution in [0.5, 0.6) is 5.75 Å². The molecule has 1 unspecified atom stereocenters. The molecule has 6 nitrogen and oxygen atoms in total. The number of halogens is 1. The van der Waals surface area contributed by atoms with Crippen LogP contribution in [-0.4, -0.2) is 32.6 Å². The molecule has 0 fully saturated rings. The zero-order valence-corrected chi connectivity index (χ0v) is 14.0. The van der Waals surface area contributed by atoms with Gasteiger partial charge in [-0.2, -0.15) is 0 Å². The summed E-state index contributed by atoms with van der Waals surface area (Å²) >= 11 is 0. The molecule has 2 rings (SSSR count). The molecule has 3 amide bonds. The molecule has 0 aliphatic carbocycles. The van der Waals surface area contributed by atoms with Crippen LogP contribution in [0.4, 0.5) is 9.18 Å². The number of carbonyl (C=O) groups excluding carboxylic acids is 2. The van der Waals surface area contributed by atoms with Crippen molar-refractivity contribution in [2.45, 2.75) is 6.04 Å². The van der Waals surface area contributed by atoms with E-state index in [0.29, 0.717) is 5.75 Å². The molecule has 0 aromatic heterocycles. The molecule has 1 atom stereocenters. The number of rotatable bonds is 6. The van der Waals surface area contributed by atoms with E-state index in [1.807, 2.05) is 12.1 Å². The Morgan fingerprint density at radius 2 is 1.60 bits per heavy atom. The van der Waals surface area contributed by atoms with Crippen LogP contribution < -0.4 is 20.7 Å². The Labute approximate surface area is 145 Å². The largest absolute Gasteiger partial charge is 0.497 e. The van der Waals surface area contributed by atoms with Gasteiger partial charge in [-0.3, -0.25) is 15.4 Å². The van der Waals surface area contributed by atoms with Crippen molar-refractivity contribution in [3.63, 3.8) is 0 Å². The molecule has 3 N–H and O–H groups in total. The van der Waals surface area contributed by atoms with Crippen molar-refractivity contribution in [1.82, 2.24) is 16.0 Å². The number of methoxy groups -OCH3 is 1. The van der Waals surface area contributed by atoms with Crippen LogP contribution >= 0.6 is 0 Å². The summed E-state index contributed by atoms with van der Waals surface area (Å²) in [4.78, 5) is 23.0. The maximum Gasteiger partial charge on any atom is 0.321 e. The molecule has 2 aromatic rings. The van der Waals surface area contributed by atoms with Gasteiger partial charge in [0.1, 0.15) is 11.6 Å². The Bertz CT molecular complexity index is 717.